The van der Waals surface area contributed by atoms with Crippen molar-refractivity contribution in [3.05, 3.63) is 85.1 Å². The number of hydrogen-bond donors (Lipinski definition) is 1. The van der Waals surface area contributed by atoms with Gasteiger partial charge in [-0.3, -0.25) is 9.59 Å². The van der Waals surface area contributed by atoms with E-state index in [9.17, 15) is 14.7 Å². The van der Waals surface area contributed by atoms with Crippen molar-refractivity contribution in [1.29, 1.82) is 0 Å². The number of aliphatic hydroxyl groups is 1. The van der Waals surface area contributed by atoms with E-state index < -0.39 is 6.10 Å². The minimum absolute atomic E-state index is 0.102. The number of unbranched alkanes of at least 4 members (excludes halogenated alkanes) is 9. The highest BCUT2D eigenvalue weighted by atomic mass is 16.6. The number of hydrogen-bond acceptors (Lipinski definition) is 5. The molecule has 0 aliphatic carbocycles. The quantitative estimate of drug-likeness (QED) is 0.0465. The molecule has 0 amide bonds. The summed E-state index contributed by atoms with van der Waals surface area (Å²) in [6.07, 6.45) is 49.2. The van der Waals surface area contributed by atoms with Crippen LogP contribution in [0.15, 0.2) is 85.1 Å². The third kappa shape index (κ3) is 34.0. The molecule has 260 valence electrons. The Morgan fingerprint density at radius 1 is 0.522 bits per heavy atom. The van der Waals surface area contributed by atoms with Crippen LogP contribution < -0.4 is 0 Å². The van der Waals surface area contributed by atoms with Crippen LogP contribution in [0.3, 0.4) is 0 Å². The molecule has 0 aliphatic rings. The molecule has 0 aliphatic heterocycles. The Morgan fingerprint density at radius 2 is 0.935 bits per heavy atom. The van der Waals surface area contributed by atoms with Gasteiger partial charge in [-0.2, -0.15) is 0 Å². The number of esters is 2. The average molecular weight is 639 g/mol. The second-order valence-corrected chi connectivity index (χ2v) is 11.6. The highest BCUT2D eigenvalue weighted by molar-refractivity contribution is 5.70. The molecule has 0 aromatic carbocycles. The van der Waals surface area contributed by atoms with Crippen LogP contribution >= 0.6 is 0 Å². The number of carbonyl (C=O) groups excluding carboxylic acids is 2. The van der Waals surface area contributed by atoms with Crippen molar-refractivity contribution >= 4 is 11.9 Å². The van der Waals surface area contributed by atoms with Crippen LogP contribution in [0.25, 0.3) is 0 Å². The molecule has 0 saturated heterocycles. The number of carbonyl (C=O) groups is 2. The van der Waals surface area contributed by atoms with Gasteiger partial charge in [0.15, 0.2) is 6.10 Å². The van der Waals surface area contributed by atoms with Gasteiger partial charge in [-0.05, 0) is 89.9 Å². The Bertz CT molecular complexity index is 906. The molecule has 5 nitrogen and oxygen atoms in total. The van der Waals surface area contributed by atoms with Gasteiger partial charge in [0.2, 0.25) is 0 Å². The minimum atomic E-state index is -0.804. The number of aliphatic hydroxyl groups excluding tert-OH is 1. The summed E-state index contributed by atoms with van der Waals surface area (Å²) in [5, 5.41) is 9.52. The van der Waals surface area contributed by atoms with E-state index in [0.717, 1.165) is 89.9 Å². The van der Waals surface area contributed by atoms with Crippen LogP contribution in [0.5, 0.6) is 0 Å². The second-order valence-electron chi connectivity index (χ2n) is 11.6. The second kappa shape index (κ2) is 36.5. The molecule has 0 saturated carbocycles. The Balaban J connectivity index is 3.73. The SMILES string of the molecule is CC/C=C\C/C=C\C/C=C\C/C=C\CCCCC(=O)OC[C@H](CO)OC(=O)CCCCCC/C=C\C/C=C\C/C=C\CCCCC. The lowest BCUT2D eigenvalue weighted by Crippen LogP contribution is -2.28. The first-order chi connectivity index (χ1) is 22.6. The molecule has 1 N–H and O–H groups in total. The molecule has 0 bridgehead atoms. The van der Waals surface area contributed by atoms with Gasteiger partial charge < -0.3 is 14.6 Å². The van der Waals surface area contributed by atoms with Crippen LogP contribution in [-0.4, -0.2) is 36.4 Å². The van der Waals surface area contributed by atoms with Crippen molar-refractivity contribution in [2.75, 3.05) is 13.2 Å². The highest BCUT2D eigenvalue weighted by Gasteiger charge is 2.16. The summed E-state index contributed by atoms with van der Waals surface area (Å²) in [5.41, 5.74) is 0. The Hall–Kier alpha value is -2.92. The lowest BCUT2D eigenvalue weighted by Gasteiger charge is -2.15. The summed E-state index contributed by atoms with van der Waals surface area (Å²) in [7, 11) is 0. The molecule has 0 rings (SSSR count). The van der Waals surface area contributed by atoms with Crippen LogP contribution in [0, 0.1) is 0 Å². The van der Waals surface area contributed by atoms with E-state index >= 15 is 0 Å². The molecule has 5 heteroatoms. The van der Waals surface area contributed by atoms with E-state index in [2.05, 4.69) is 98.9 Å². The maximum Gasteiger partial charge on any atom is 0.306 e. The smallest absolute Gasteiger partial charge is 0.306 e. The zero-order chi connectivity index (χ0) is 33.6. The Labute approximate surface area is 282 Å². The largest absolute Gasteiger partial charge is 0.462 e. The lowest BCUT2D eigenvalue weighted by atomic mass is 10.1. The molecule has 0 aromatic rings. The maximum absolute atomic E-state index is 12.1. The van der Waals surface area contributed by atoms with Crippen molar-refractivity contribution in [3.63, 3.8) is 0 Å². The third-order valence-corrected chi connectivity index (χ3v) is 7.17. The van der Waals surface area contributed by atoms with E-state index in [4.69, 9.17) is 9.47 Å². The molecular weight excluding hydrogens is 572 g/mol. The van der Waals surface area contributed by atoms with Crippen molar-refractivity contribution < 1.29 is 24.2 Å². The molecule has 0 unspecified atom stereocenters. The molecule has 0 radical (unpaired) electrons. The summed E-state index contributed by atoms with van der Waals surface area (Å²) in [4.78, 5) is 24.2. The van der Waals surface area contributed by atoms with Gasteiger partial charge in [0.1, 0.15) is 6.61 Å². The average Bonchev–Trinajstić information content (AvgIpc) is 3.06. The van der Waals surface area contributed by atoms with Gasteiger partial charge in [0, 0.05) is 12.8 Å². The monoisotopic (exact) mass is 638 g/mol. The van der Waals surface area contributed by atoms with Crippen molar-refractivity contribution in [1.82, 2.24) is 0 Å². The van der Waals surface area contributed by atoms with Gasteiger partial charge in [-0.25, -0.2) is 0 Å². The summed E-state index contributed by atoms with van der Waals surface area (Å²) >= 11 is 0. The van der Waals surface area contributed by atoms with Gasteiger partial charge in [-0.1, -0.05) is 125 Å². The van der Waals surface area contributed by atoms with E-state index in [1.165, 1.54) is 25.7 Å². The molecule has 1 atom stereocenters. The predicted molar refractivity (Wildman–Crippen MR) is 196 cm³/mol. The summed E-state index contributed by atoms with van der Waals surface area (Å²) in [5.74, 6) is -0.675. The predicted octanol–water partition coefficient (Wildman–Crippen LogP) is 11.2. The number of ether oxygens (including phenoxy) is 2. The van der Waals surface area contributed by atoms with Crippen LogP contribution in [0.4, 0.5) is 0 Å². The Kier molecular flexibility index (Phi) is 34.2. The van der Waals surface area contributed by atoms with Crippen molar-refractivity contribution in [2.24, 2.45) is 0 Å². The fourth-order valence-corrected chi connectivity index (χ4v) is 4.43. The van der Waals surface area contributed by atoms with E-state index in [1.54, 1.807) is 0 Å². The minimum Gasteiger partial charge on any atom is -0.462 e. The molecule has 0 heterocycles. The third-order valence-electron chi connectivity index (χ3n) is 7.17. The van der Waals surface area contributed by atoms with Crippen molar-refractivity contribution in [3.8, 4) is 0 Å². The van der Waals surface area contributed by atoms with E-state index in [-0.39, 0.29) is 25.2 Å². The van der Waals surface area contributed by atoms with Crippen molar-refractivity contribution in [2.45, 2.75) is 148 Å². The zero-order valence-corrected chi connectivity index (χ0v) is 29.3. The highest BCUT2D eigenvalue weighted by Crippen LogP contribution is 2.09. The van der Waals surface area contributed by atoms with Gasteiger partial charge in [0.25, 0.3) is 0 Å². The maximum atomic E-state index is 12.1. The Morgan fingerprint density at radius 3 is 1.43 bits per heavy atom. The zero-order valence-electron chi connectivity index (χ0n) is 29.3. The van der Waals surface area contributed by atoms with Crippen LogP contribution in [-0.2, 0) is 19.1 Å². The van der Waals surface area contributed by atoms with Gasteiger partial charge >= 0.3 is 11.9 Å². The first-order valence-electron chi connectivity index (χ1n) is 18.1. The first-order valence-corrected chi connectivity index (χ1v) is 18.1. The van der Waals surface area contributed by atoms with Crippen LogP contribution in [0.1, 0.15) is 142 Å². The van der Waals surface area contributed by atoms with E-state index in [0.29, 0.717) is 12.8 Å². The molecular formula is C41H66O5. The fourth-order valence-electron chi connectivity index (χ4n) is 4.43. The molecule has 0 fully saturated rings. The van der Waals surface area contributed by atoms with Gasteiger partial charge in [-0.15, -0.1) is 0 Å². The number of rotatable bonds is 31. The fraction of sp³-hybridized carbons (Fsp3) is 0.610. The standard InChI is InChI=1S/C41H66O5/c1-3-5-7-9-11-13-15-17-19-20-22-24-26-28-30-32-34-36-41(44)46-39(37-42)38-45-40(43)35-33-31-29-27-25-23-21-18-16-14-12-10-8-6-4-2/h6,8,11-14,17-19,21-22,24-25,27,39,42H,3-5,7,9-10,15-16,20,23,26,28-38H2,1-2H3/b8-6-,13-11-,14-12-,19-17-,21-18-,24-22-,27-25-/t39-/m0/s1. The lowest BCUT2D eigenvalue weighted by molar-refractivity contribution is -0.161. The first kappa shape index (κ1) is 43.1. The molecule has 46 heavy (non-hydrogen) atoms. The summed E-state index contributed by atoms with van der Waals surface area (Å²) in [6, 6.07) is 0. The normalized spacial score (nSPS) is 13.2. The summed E-state index contributed by atoms with van der Waals surface area (Å²) in [6.45, 7) is 3.91. The van der Waals surface area contributed by atoms with Gasteiger partial charge in [0.05, 0.1) is 6.61 Å². The topological polar surface area (TPSA) is 72.8 Å². The molecule has 0 aromatic heterocycles. The number of allylic oxidation sites excluding steroid dienone is 14. The molecule has 0 spiro atoms. The van der Waals surface area contributed by atoms with E-state index in [1.807, 2.05) is 0 Å². The van der Waals surface area contributed by atoms with Crippen LogP contribution in [0.2, 0.25) is 0 Å². The summed E-state index contributed by atoms with van der Waals surface area (Å²) < 4.78 is 10.5.